The Bertz CT molecular complexity index is 719. The normalized spacial score (nSPS) is 17.0. The van der Waals surface area contributed by atoms with Crippen molar-refractivity contribution in [2.24, 2.45) is 0 Å². The van der Waals surface area contributed by atoms with Crippen LogP contribution in [0, 0.1) is 0 Å². The number of anilines is 1. The summed E-state index contributed by atoms with van der Waals surface area (Å²) < 4.78 is 40.5. The standard InChI is InChI=1S/C15H13ClF3N3O/c1-20-13-11-7-6-10(12(11)21-14(16)22-13)8-2-4-9(5-3-8)23-15(17,18)19/h2-5,10H,6-7H2,1H3,(H,20,21,22). The molecule has 1 heterocycles. The summed E-state index contributed by atoms with van der Waals surface area (Å²) in [4.78, 5) is 8.45. The third-order valence-electron chi connectivity index (χ3n) is 3.78. The zero-order valence-electron chi connectivity index (χ0n) is 12.1. The van der Waals surface area contributed by atoms with E-state index in [1.165, 1.54) is 12.1 Å². The van der Waals surface area contributed by atoms with Gasteiger partial charge in [-0.05, 0) is 42.1 Å². The topological polar surface area (TPSA) is 47.0 Å². The van der Waals surface area contributed by atoms with Crippen LogP contribution in [-0.4, -0.2) is 23.4 Å². The van der Waals surface area contributed by atoms with Gasteiger partial charge in [0.25, 0.3) is 0 Å². The number of fused-ring (bicyclic) bond motifs is 1. The van der Waals surface area contributed by atoms with Crippen LogP contribution in [0.3, 0.4) is 0 Å². The lowest BCUT2D eigenvalue weighted by atomic mass is 9.96. The summed E-state index contributed by atoms with van der Waals surface area (Å²) in [5, 5.41) is 3.14. The first-order valence-electron chi connectivity index (χ1n) is 6.97. The van der Waals surface area contributed by atoms with E-state index < -0.39 is 6.36 Å². The minimum absolute atomic E-state index is 0.0162. The first-order chi connectivity index (χ1) is 10.9. The molecule has 0 radical (unpaired) electrons. The molecule has 23 heavy (non-hydrogen) atoms. The van der Waals surface area contributed by atoms with Crippen molar-refractivity contribution in [2.45, 2.75) is 25.1 Å². The summed E-state index contributed by atoms with van der Waals surface area (Å²) >= 11 is 5.95. The first kappa shape index (κ1) is 15.9. The molecule has 1 aromatic heterocycles. The minimum atomic E-state index is -4.69. The second kappa shape index (κ2) is 5.88. The van der Waals surface area contributed by atoms with E-state index >= 15 is 0 Å². The van der Waals surface area contributed by atoms with E-state index in [0.29, 0.717) is 5.82 Å². The highest BCUT2D eigenvalue weighted by molar-refractivity contribution is 6.28. The van der Waals surface area contributed by atoms with Crippen LogP contribution in [-0.2, 0) is 6.42 Å². The molecule has 1 aliphatic rings. The van der Waals surface area contributed by atoms with Gasteiger partial charge in [0.2, 0.25) is 5.28 Å². The van der Waals surface area contributed by atoms with Crippen LogP contribution in [0.25, 0.3) is 0 Å². The molecule has 1 aromatic carbocycles. The summed E-state index contributed by atoms with van der Waals surface area (Å²) in [6.07, 6.45) is -3.10. The van der Waals surface area contributed by atoms with Crippen molar-refractivity contribution in [1.82, 2.24) is 9.97 Å². The Hall–Kier alpha value is -2.02. The molecule has 0 fully saturated rings. The van der Waals surface area contributed by atoms with Crippen molar-refractivity contribution >= 4 is 17.4 Å². The molecule has 1 unspecified atom stereocenters. The number of nitrogens with one attached hydrogen (secondary N) is 1. The van der Waals surface area contributed by atoms with Crippen molar-refractivity contribution in [3.05, 3.63) is 46.4 Å². The summed E-state index contributed by atoms with van der Waals surface area (Å²) in [5.74, 6) is 0.438. The fourth-order valence-corrected chi connectivity index (χ4v) is 3.04. The van der Waals surface area contributed by atoms with Gasteiger partial charge >= 0.3 is 6.36 Å². The van der Waals surface area contributed by atoms with E-state index in [1.807, 2.05) is 0 Å². The number of benzene rings is 1. The number of ether oxygens (including phenoxy) is 1. The second-order valence-electron chi connectivity index (χ2n) is 5.16. The zero-order valence-corrected chi connectivity index (χ0v) is 12.9. The summed E-state index contributed by atoms with van der Waals surface area (Å²) in [6, 6.07) is 5.86. The van der Waals surface area contributed by atoms with Gasteiger partial charge in [-0.2, -0.15) is 0 Å². The third kappa shape index (κ3) is 3.34. The number of hydrogen-bond acceptors (Lipinski definition) is 4. The van der Waals surface area contributed by atoms with Crippen LogP contribution >= 0.6 is 11.6 Å². The smallest absolute Gasteiger partial charge is 0.406 e. The molecule has 1 N–H and O–H groups in total. The molecule has 1 aliphatic carbocycles. The molecule has 0 bridgehead atoms. The van der Waals surface area contributed by atoms with Crippen LogP contribution < -0.4 is 10.1 Å². The van der Waals surface area contributed by atoms with Gasteiger partial charge in [0, 0.05) is 18.5 Å². The van der Waals surface area contributed by atoms with E-state index in [-0.39, 0.29) is 17.0 Å². The third-order valence-corrected chi connectivity index (χ3v) is 3.95. The van der Waals surface area contributed by atoms with E-state index in [2.05, 4.69) is 20.0 Å². The fraction of sp³-hybridized carbons (Fsp3) is 0.333. The van der Waals surface area contributed by atoms with Crippen LogP contribution in [0.5, 0.6) is 5.75 Å². The Balaban J connectivity index is 1.89. The number of hydrogen-bond donors (Lipinski definition) is 1. The molecule has 1 atom stereocenters. The highest BCUT2D eigenvalue weighted by Crippen LogP contribution is 2.40. The van der Waals surface area contributed by atoms with Gasteiger partial charge < -0.3 is 10.1 Å². The largest absolute Gasteiger partial charge is 0.573 e. The Morgan fingerprint density at radius 1 is 1.22 bits per heavy atom. The molecule has 122 valence electrons. The van der Waals surface area contributed by atoms with Gasteiger partial charge in [0.1, 0.15) is 11.6 Å². The Labute approximate surface area is 135 Å². The molecular formula is C15H13ClF3N3O. The number of nitrogens with zero attached hydrogens (tertiary/aromatic N) is 2. The number of alkyl halides is 3. The predicted molar refractivity (Wildman–Crippen MR) is 79.9 cm³/mol. The Morgan fingerprint density at radius 2 is 1.91 bits per heavy atom. The van der Waals surface area contributed by atoms with Crippen LogP contribution in [0.15, 0.2) is 24.3 Å². The van der Waals surface area contributed by atoms with Crippen LogP contribution in [0.4, 0.5) is 19.0 Å². The monoisotopic (exact) mass is 343 g/mol. The zero-order chi connectivity index (χ0) is 16.6. The molecule has 0 amide bonds. The maximum absolute atomic E-state index is 12.2. The van der Waals surface area contributed by atoms with Crippen molar-refractivity contribution < 1.29 is 17.9 Å². The van der Waals surface area contributed by atoms with Crippen molar-refractivity contribution in [3.63, 3.8) is 0 Å². The molecule has 0 spiro atoms. The molecular weight excluding hydrogens is 331 g/mol. The fourth-order valence-electron chi connectivity index (χ4n) is 2.87. The maximum Gasteiger partial charge on any atom is 0.573 e. The molecule has 8 heteroatoms. The first-order valence-corrected chi connectivity index (χ1v) is 7.35. The second-order valence-corrected chi connectivity index (χ2v) is 5.50. The van der Waals surface area contributed by atoms with Gasteiger partial charge in [0.15, 0.2) is 0 Å². The van der Waals surface area contributed by atoms with Gasteiger partial charge in [-0.25, -0.2) is 9.97 Å². The van der Waals surface area contributed by atoms with Crippen LogP contribution in [0.1, 0.15) is 29.2 Å². The predicted octanol–water partition coefficient (Wildman–Crippen LogP) is 4.15. The Morgan fingerprint density at radius 3 is 2.52 bits per heavy atom. The quantitative estimate of drug-likeness (QED) is 0.850. The molecule has 4 nitrogen and oxygen atoms in total. The average molecular weight is 344 g/mol. The van der Waals surface area contributed by atoms with Gasteiger partial charge in [0.05, 0.1) is 5.69 Å². The lowest BCUT2D eigenvalue weighted by molar-refractivity contribution is -0.274. The van der Waals surface area contributed by atoms with Crippen molar-refractivity contribution in [2.75, 3.05) is 12.4 Å². The molecule has 3 rings (SSSR count). The molecule has 2 aromatic rings. The van der Waals surface area contributed by atoms with Gasteiger partial charge in [-0.3, -0.25) is 0 Å². The minimum Gasteiger partial charge on any atom is -0.406 e. The van der Waals surface area contributed by atoms with Gasteiger partial charge in [-0.1, -0.05) is 12.1 Å². The van der Waals surface area contributed by atoms with E-state index in [4.69, 9.17) is 11.6 Å². The summed E-state index contributed by atoms with van der Waals surface area (Å²) in [5.41, 5.74) is 2.69. The summed E-state index contributed by atoms with van der Waals surface area (Å²) in [6.45, 7) is 0. The van der Waals surface area contributed by atoms with E-state index in [0.717, 1.165) is 29.7 Å². The van der Waals surface area contributed by atoms with E-state index in [1.54, 1.807) is 19.2 Å². The lowest BCUT2D eigenvalue weighted by Crippen LogP contribution is -2.17. The molecule has 0 saturated heterocycles. The number of rotatable bonds is 3. The van der Waals surface area contributed by atoms with Crippen molar-refractivity contribution in [3.8, 4) is 5.75 Å². The van der Waals surface area contributed by atoms with E-state index in [9.17, 15) is 13.2 Å². The van der Waals surface area contributed by atoms with Crippen LogP contribution in [0.2, 0.25) is 5.28 Å². The highest BCUT2D eigenvalue weighted by atomic mass is 35.5. The van der Waals surface area contributed by atoms with Gasteiger partial charge in [-0.15, -0.1) is 13.2 Å². The molecule has 0 aliphatic heterocycles. The highest BCUT2D eigenvalue weighted by Gasteiger charge is 2.32. The maximum atomic E-state index is 12.2. The number of halogens is 4. The SMILES string of the molecule is CNc1nc(Cl)nc2c1CCC2c1ccc(OC(F)(F)F)cc1. The molecule has 0 saturated carbocycles. The number of aromatic nitrogens is 2. The summed E-state index contributed by atoms with van der Waals surface area (Å²) in [7, 11) is 1.76. The van der Waals surface area contributed by atoms with Crippen molar-refractivity contribution in [1.29, 1.82) is 0 Å². The average Bonchev–Trinajstić information content (AvgIpc) is 2.89. The lowest BCUT2D eigenvalue weighted by Gasteiger charge is -2.14. The Kier molecular flexibility index (Phi) is 4.06.